The summed E-state index contributed by atoms with van der Waals surface area (Å²) in [6, 6.07) is 21.3. The van der Waals surface area contributed by atoms with E-state index < -0.39 is 5.25 Å². The number of rotatable bonds is 6. The van der Waals surface area contributed by atoms with Crippen molar-refractivity contribution in [1.82, 2.24) is 24.7 Å². The van der Waals surface area contributed by atoms with Gasteiger partial charge in [0, 0.05) is 11.3 Å². The zero-order valence-electron chi connectivity index (χ0n) is 19.5. The zero-order valence-corrected chi connectivity index (χ0v) is 20.3. The van der Waals surface area contributed by atoms with Crippen LogP contribution in [0.1, 0.15) is 18.1 Å². The molecule has 35 heavy (non-hydrogen) atoms. The number of thioether (sulfide) groups is 1. The molecule has 0 bridgehead atoms. The fourth-order valence-corrected chi connectivity index (χ4v) is 4.65. The normalized spacial score (nSPS) is 12.1. The quantitative estimate of drug-likeness (QED) is 0.299. The molecule has 0 saturated carbocycles. The number of carbonyl (C=O) groups excluding carboxylic acids is 1. The molecular weight excluding hydrogens is 460 g/mol. The maximum Gasteiger partial charge on any atom is 0.323 e. The number of aryl methyl sites for hydroxylation is 2. The van der Waals surface area contributed by atoms with Crippen molar-refractivity contribution in [3.63, 3.8) is 0 Å². The Bertz CT molecular complexity index is 1580. The molecule has 9 heteroatoms. The number of imidazole rings is 1. The van der Waals surface area contributed by atoms with Gasteiger partial charge in [-0.1, -0.05) is 48.2 Å². The van der Waals surface area contributed by atoms with E-state index >= 15 is 0 Å². The summed E-state index contributed by atoms with van der Waals surface area (Å²) >= 11 is 1.34. The molecule has 0 fully saturated rings. The number of amides is 1. The molecule has 1 atom stereocenters. The van der Waals surface area contributed by atoms with E-state index in [1.165, 1.54) is 17.3 Å². The van der Waals surface area contributed by atoms with Crippen molar-refractivity contribution in [3.8, 4) is 17.1 Å². The Morgan fingerprint density at radius 3 is 2.49 bits per heavy atom. The zero-order chi connectivity index (χ0) is 24.5. The van der Waals surface area contributed by atoms with Crippen LogP contribution in [0.2, 0.25) is 0 Å². The average molecular weight is 485 g/mol. The first kappa shape index (κ1) is 22.7. The van der Waals surface area contributed by atoms with Crippen LogP contribution in [0, 0.1) is 13.8 Å². The van der Waals surface area contributed by atoms with Gasteiger partial charge < -0.3 is 15.3 Å². The van der Waals surface area contributed by atoms with Crippen molar-refractivity contribution in [2.45, 2.75) is 31.2 Å². The summed E-state index contributed by atoms with van der Waals surface area (Å²) in [6.07, 6.45) is 0. The highest BCUT2D eigenvalue weighted by atomic mass is 32.2. The van der Waals surface area contributed by atoms with Crippen LogP contribution in [0.25, 0.3) is 28.1 Å². The van der Waals surface area contributed by atoms with Crippen molar-refractivity contribution < 1.29 is 4.79 Å². The highest BCUT2D eigenvalue weighted by Crippen LogP contribution is 2.31. The lowest BCUT2D eigenvalue weighted by atomic mass is 10.1. The minimum absolute atomic E-state index is 0.178. The third-order valence-electron chi connectivity index (χ3n) is 5.85. The standard InChI is InChI=1S/C26H24N6O2S/c1-15-9-11-20(13-16(15)2)32-23(18-7-5-4-6-8-18)30-31-26(32)35-17(3)24(33)27-19-10-12-21-22(14-19)29-25(34)28-21/h4-14,17H,1-3H3,(H,27,33)(H2,28,29,34). The molecule has 0 aliphatic heterocycles. The third-order valence-corrected chi connectivity index (χ3v) is 6.89. The summed E-state index contributed by atoms with van der Waals surface area (Å²) in [5.41, 5.74) is 5.88. The number of nitrogens with zero attached hydrogens (tertiary/aromatic N) is 3. The number of fused-ring (bicyclic) bond motifs is 1. The summed E-state index contributed by atoms with van der Waals surface area (Å²) < 4.78 is 1.99. The van der Waals surface area contributed by atoms with Crippen molar-refractivity contribution in [3.05, 3.63) is 88.3 Å². The predicted octanol–water partition coefficient (Wildman–Crippen LogP) is 4.84. The van der Waals surface area contributed by atoms with Crippen LogP contribution in [0.3, 0.4) is 0 Å². The lowest BCUT2D eigenvalue weighted by Crippen LogP contribution is -2.22. The van der Waals surface area contributed by atoms with Gasteiger partial charge in [0.15, 0.2) is 11.0 Å². The molecule has 2 aromatic heterocycles. The fraction of sp³-hybridized carbons (Fsp3) is 0.154. The molecule has 1 unspecified atom stereocenters. The van der Waals surface area contributed by atoms with Gasteiger partial charge in [-0.05, 0) is 62.2 Å². The van der Waals surface area contributed by atoms with Crippen LogP contribution >= 0.6 is 11.8 Å². The second kappa shape index (κ2) is 9.27. The molecule has 5 aromatic rings. The van der Waals surface area contributed by atoms with Gasteiger partial charge in [0.25, 0.3) is 0 Å². The number of H-pyrrole nitrogens is 2. The number of aromatic amines is 2. The minimum atomic E-state index is -0.450. The minimum Gasteiger partial charge on any atom is -0.325 e. The Morgan fingerprint density at radius 2 is 1.71 bits per heavy atom. The first-order chi connectivity index (χ1) is 16.9. The van der Waals surface area contributed by atoms with E-state index in [0.717, 1.165) is 16.8 Å². The number of benzene rings is 3. The molecule has 1 amide bonds. The number of hydrogen-bond donors (Lipinski definition) is 3. The molecule has 3 aromatic carbocycles. The van der Waals surface area contributed by atoms with Crippen LogP contribution in [0.15, 0.2) is 76.7 Å². The molecule has 0 aliphatic carbocycles. The van der Waals surface area contributed by atoms with E-state index in [4.69, 9.17) is 0 Å². The number of aromatic nitrogens is 5. The smallest absolute Gasteiger partial charge is 0.323 e. The predicted molar refractivity (Wildman–Crippen MR) is 139 cm³/mol. The summed E-state index contributed by atoms with van der Waals surface area (Å²) in [6.45, 7) is 5.98. The van der Waals surface area contributed by atoms with Gasteiger partial charge >= 0.3 is 5.69 Å². The van der Waals surface area contributed by atoms with Gasteiger partial charge in [-0.2, -0.15) is 0 Å². The summed E-state index contributed by atoms with van der Waals surface area (Å²) in [4.78, 5) is 29.9. The lowest BCUT2D eigenvalue weighted by Gasteiger charge is -2.15. The van der Waals surface area contributed by atoms with Crippen molar-refractivity contribution in [2.24, 2.45) is 0 Å². The number of nitrogens with one attached hydrogen (secondary N) is 3. The molecule has 176 valence electrons. The van der Waals surface area contributed by atoms with Crippen LogP contribution in [0.4, 0.5) is 5.69 Å². The lowest BCUT2D eigenvalue weighted by molar-refractivity contribution is -0.115. The van der Waals surface area contributed by atoms with E-state index in [-0.39, 0.29) is 11.6 Å². The van der Waals surface area contributed by atoms with Crippen LogP contribution in [-0.4, -0.2) is 35.9 Å². The van der Waals surface area contributed by atoms with Crippen molar-refractivity contribution in [1.29, 1.82) is 0 Å². The number of anilines is 1. The summed E-state index contributed by atoms with van der Waals surface area (Å²) in [5.74, 6) is 0.536. The van der Waals surface area contributed by atoms with Gasteiger partial charge in [-0.3, -0.25) is 9.36 Å². The van der Waals surface area contributed by atoms with E-state index in [0.29, 0.717) is 27.7 Å². The van der Waals surface area contributed by atoms with Gasteiger partial charge in [-0.25, -0.2) is 4.79 Å². The van der Waals surface area contributed by atoms with Gasteiger partial charge in [0.1, 0.15) is 0 Å². The van der Waals surface area contributed by atoms with Crippen LogP contribution in [-0.2, 0) is 4.79 Å². The second-order valence-corrected chi connectivity index (χ2v) is 9.67. The third kappa shape index (κ3) is 4.63. The highest BCUT2D eigenvalue weighted by Gasteiger charge is 2.22. The molecule has 2 heterocycles. The summed E-state index contributed by atoms with van der Waals surface area (Å²) in [7, 11) is 0. The maximum atomic E-state index is 13.0. The molecule has 3 N–H and O–H groups in total. The first-order valence-corrected chi connectivity index (χ1v) is 12.0. The van der Waals surface area contributed by atoms with Crippen LogP contribution in [0.5, 0.6) is 0 Å². The van der Waals surface area contributed by atoms with E-state index in [1.54, 1.807) is 18.2 Å². The van der Waals surface area contributed by atoms with Crippen molar-refractivity contribution in [2.75, 3.05) is 5.32 Å². The Hall–Kier alpha value is -4.11. The molecule has 0 aliphatic rings. The molecular formula is C26H24N6O2S. The fourth-order valence-electron chi connectivity index (χ4n) is 3.78. The number of hydrogen-bond acceptors (Lipinski definition) is 5. The monoisotopic (exact) mass is 484 g/mol. The Labute approximate surface area is 205 Å². The average Bonchev–Trinajstić information content (AvgIpc) is 3.43. The molecule has 0 saturated heterocycles. The van der Waals surface area contributed by atoms with Gasteiger partial charge in [0.2, 0.25) is 5.91 Å². The van der Waals surface area contributed by atoms with Crippen LogP contribution < -0.4 is 11.0 Å². The van der Waals surface area contributed by atoms with E-state index in [2.05, 4.69) is 51.5 Å². The Morgan fingerprint density at radius 1 is 0.943 bits per heavy atom. The van der Waals surface area contributed by atoms with E-state index in [1.807, 2.05) is 47.9 Å². The van der Waals surface area contributed by atoms with Crippen molar-refractivity contribution >= 4 is 34.4 Å². The summed E-state index contributed by atoms with van der Waals surface area (Å²) in [5, 5.41) is 12.0. The Balaban J connectivity index is 1.44. The second-order valence-electron chi connectivity index (χ2n) is 8.36. The largest absolute Gasteiger partial charge is 0.325 e. The van der Waals surface area contributed by atoms with Gasteiger partial charge in [0.05, 0.1) is 22.0 Å². The number of carbonyl (C=O) groups is 1. The Kier molecular flexibility index (Phi) is 6.00. The SMILES string of the molecule is Cc1ccc(-n2c(SC(C)C(=O)Nc3ccc4[nH]c(=O)[nH]c4c3)nnc2-c2ccccc2)cc1C. The van der Waals surface area contributed by atoms with E-state index in [9.17, 15) is 9.59 Å². The molecule has 5 rings (SSSR count). The first-order valence-electron chi connectivity index (χ1n) is 11.2. The molecule has 0 spiro atoms. The molecule has 8 nitrogen and oxygen atoms in total. The maximum absolute atomic E-state index is 13.0. The highest BCUT2D eigenvalue weighted by molar-refractivity contribution is 8.00. The molecule has 0 radical (unpaired) electrons. The topological polar surface area (TPSA) is 108 Å². The van der Waals surface area contributed by atoms with Gasteiger partial charge in [-0.15, -0.1) is 10.2 Å².